The Balaban J connectivity index is 1.67. The van der Waals surface area contributed by atoms with E-state index >= 15 is 0 Å². The van der Waals surface area contributed by atoms with E-state index in [-0.39, 0.29) is 12.0 Å². The van der Waals surface area contributed by atoms with Crippen molar-refractivity contribution in [3.63, 3.8) is 0 Å². The van der Waals surface area contributed by atoms with Crippen molar-refractivity contribution in [1.29, 1.82) is 0 Å². The summed E-state index contributed by atoms with van der Waals surface area (Å²) in [6.45, 7) is 1.16. The molecular formula is C16H16BrN3O3. The fraction of sp³-hybridized carbons (Fsp3) is 0.312. The van der Waals surface area contributed by atoms with Crippen LogP contribution in [0.3, 0.4) is 0 Å². The predicted molar refractivity (Wildman–Crippen MR) is 87.7 cm³/mol. The van der Waals surface area contributed by atoms with Crippen LogP contribution in [-0.4, -0.2) is 47.1 Å². The van der Waals surface area contributed by atoms with Gasteiger partial charge in [-0.3, -0.25) is 4.79 Å². The Labute approximate surface area is 142 Å². The molecule has 1 amide bonds. The monoisotopic (exact) mass is 377 g/mol. The van der Waals surface area contributed by atoms with Gasteiger partial charge in [0.15, 0.2) is 0 Å². The second-order valence-corrected chi connectivity index (χ2v) is 5.98. The van der Waals surface area contributed by atoms with Crippen molar-refractivity contribution in [1.82, 2.24) is 14.9 Å². The zero-order valence-corrected chi connectivity index (χ0v) is 14.2. The van der Waals surface area contributed by atoms with E-state index < -0.39 is 0 Å². The number of hydrogen-bond donors (Lipinski definition) is 0. The summed E-state index contributed by atoms with van der Waals surface area (Å²) in [6.07, 6.45) is 3.72. The quantitative estimate of drug-likeness (QED) is 0.818. The van der Waals surface area contributed by atoms with Crippen LogP contribution in [0.1, 0.15) is 16.8 Å². The second kappa shape index (κ2) is 6.95. The maximum atomic E-state index is 12.6. The average Bonchev–Trinajstić information content (AvgIpc) is 3.04. The Kier molecular flexibility index (Phi) is 4.76. The number of carbonyl (C=O) groups excluding carboxylic acids is 1. The van der Waals surface area contributed by atoms with Crippen LogP contribution in [0.4, 0.5) is 0 Å². The van der Waals surface area contributed by atoms with Crippen molar-refractivity contribution in [2.45, 2.75) is 12.5 Å². The highest BCUT2D eigenvalue weighted by molar-refractivity contribution is 9.10. The van der Waals surface area contributed by atoms with Gasteiger partial charge in [0.25, 0.3) is 17.7 Å². The fourth-order valence-electron chi connectivity index (χ4n) is 2.51. The molecule has 1 fully saturated rings. The van der Waals surface area contributed by atoms with Gasteiger partial charge >= 0.3 is 0 Å². The molecule has 7 heteroatoms. The highest BCUT2D eigenvalue weighted by atomic mass is 79.9. The van der Waals surface area contributed by atoms with E-state index in [1.165, 1.54) is 7.11 Å². The molecule has 0 N–H and O–H groups in total. The third-order valence-electron chi connectivity index (χ3n) is 3.64. The Hall–Kier alpha value is -2.15. The first-order valence-electron chi connectivity index (χ1n) is 7.24. The maximum Gasteiger partial charge on any atom is 0.278 e. The summed E-state index contributed by atoms with van der Waals surface area (Å²) in [5.74, 6) is 0.702. The van der Waals surface area contributed by atoms with Crippen LogP contribution < -0.4 is 9.47 Å². The molecule has 1 aliphatic heterocycles. The lowest BCUT2D eigenvalue weighted by Crippen LogP contribution is -2.31. The lowest BCUT2D eigenvalue weighted by atomic mass is 10.2. The molecule has 2 heterocycles. The number of carbonyl (C=O) groups is 1. The first kappa shape index (κ1) is 15.7. The van der Waals surface area contributed by atoms with Gasteiger partial charge in [-0.25, -0.2) is 9.97 Å². The summed E-state index contributed by atoms with van der Waals surface area (Å²) in [5, 5.41) is 0. The summed E-state index contributed by atoms with van der Waals surface area (Å²) in [7, 11) is 1.52. The summed E-state index contributed by atoms with van der Waals surface area (Å²) < 4.78 is 11.8. The van der Waals surface area contributed by atoms with Gasteiger partial charge in [0.05, 0.1) is 19.2 Å². The zero-order valence-electron chi connectivity index (χ0n) is 12.6. The molecular weight excluding hydrogens is 362 g/mol. The van der Waals surface area contributed by atoms with Crippen LogP contribution in [0, 0.1) is 0 Å². The summed E-state index contributed by atoms with van der Waals surface area (Å²) in [4.78, 5) is 22.6. The summed E-state index contributed by atoms with van der Waals surface area (Å²) >= 11 is 3.42. The first-order valence-corrected chi connectivity index (χ1v) is 8.04. The van der Waals surface area contributed by atoms with Gasteiger partial charge < -0.3 is 14.4 Å². The number of amides is 1. The number of nitrogens with zero attached hydrogens (tertiary/aromatic N) is 3. The molecule has 1 atom stereocenters. The van der Waals surface area contributed by atoms with Gasteiger partial charge in [-0.05, 0) is 28.1 Å². The number of halogens is 1. The third-order valence-corrected chi connectivity index (χ3v) is 4.33. The molecule has 0 saturated carbocycles. The molecule has 2 aromatic rings. The molecule has 6 nitrogen and oxygen atoms in total. The van der Waals surface area contributed by atoms with Gasteiger partial charge in [-0.1, -0.05) is 12.1 Å². The Morgan fingerprint density at radius 2 is 2.00 bits per heavy atom. The normalized spacial score (nSPS) is 17.1. The summed E-state index contributed by atoms with van der Waals surface area (Å²) in [5.41, 5.74) is 0.658. The summed E-state index contributed by atoms with van der Waals surface area (Å²) in [6, 6.07) is 7.41. The third kappa shape index (κ3) is 3.44. The van der Waals surface area contributed by atoms with Gasteiger partial charge in [0.2, 0.25) is 0 Å². The molecule has 1 unspecified atom stereocenters. The highest BCUT2D eigenvalue weighted by Gasteiger charge is 2.30. The van der Waals surface area contributed by atoms with Crippen molar-refractivity contribution < 1.29 is 14.3 Å². The molecule has 23 heavy (non-hydrogen) atoms. The van der Waals surface area contributed by atoms with Gasteiger partial charge in [-0.15, -0.1) is 0 Å². The minimum absolute atomic E-state index is 0.00492. The van der Waals surface area contributed by atoms with Crippen LogP contribution in [0.15, 0.2) is 41.1 Å². The molecule has 1 aromatic heterocycles. The average molecular weight is 378 g/mol. The molecule has 1 aromatic carbocycles. The topological polar surface area (TPSA) is 64.6 Å². The molecule has 0 spiro atoms. The van der Waals surface area contributed by atoms with E-state index in [4.69, 9.17) is 9.47 Å². The number of methoxy groups -OCH3 is 1. The first-order chi connectivity index (χ1) is 11.2. The minimum atomic E-state index is -0.118. The smallest absolute Gasteiger partial charge is 0.278 e. The van der Waals surface area contributed by atoms with E-state index in [0.717, 1.165) is 10.9 Å². The standard InChI is InChI=1S/C16H16BrN3O3/c1-22-14-15(19-8-7-18-14)23-11-6-9-20(10-11)16(21)12-4-2-3-5-13(12)17/h2-5,7-8,11H,6,9-10H2,1H3. The molecule has 1 saturated heterocycles. The molecule has 0 radical (unpaired) electrons. The van der Waals surface area contributed by atoms with Gasteiger partial charge in [-0.2, -0.15) is 0 Å². The Morgan fingerprint density at radius 1 is 1.26 bits per heavy atom. The van der Waals surface area contributed by atoms with E-state index in [0.29, 0.717) is 30.4 Å². The Bertz CT molecular complexity index is 710. The second-order valence-electron chi connectivity index (χ2n) is 5.13. The molecule has 0 aliphatic carbocycles. The number of likely N-dealkylation sites (tertiary alicyclic amines) is 1. The van der Waals surface area contributed by atoms with Crippen molar-refractivity contribution in [2.75, 3.05) is 20.2 Å². The van der Waals surface area contributed by atoms with Gasteiger partial charge in [0.1, 0.15) is 6.10 Å². The number of aromatic nitrogens is 2. The van der Waals surface area contributed by atoms with Crippen molar-refractivity contribution >= 4 is 21.8 Å². The van der Waals surface area contributed by atoms with E-state index in [1.54, 1.807) is 17.3 Å². The van der Waals surface area contributed by atoms with Crippen molar-refractivity contribution in [2.24, 2.45) is 0 Å². The number of rotatable bonds is 4. The van der Waals surface area contributed by atoms with Crippen LogP contribution in [0.5, 0.6) is 11.8 Å². The zero-order chi connectivity index (χ0) is 16.2. The van der Waals surface area contributed by atoms with Crippen molar-refractivity contribution in [3.05, 3.63) is 46.7 Å². The van der Waals surface area contributed by atoms with Gasteiger partial charge in [0, 0.05) is 29.8 Å². The Morgan fingerprint density at radius 3 is 2.74 bits per heavy atom. The van der Waals surface area contributed by atoms with Crippen LogP contribution in [0.2, 0.25) is 0 Å². The molecule has 0 bridgehead atoms. The highest BCUT2D eigenvalue weighted by Crippen LogP contribution is 2.25. The maximum absolute atomic E-state index is 12.6. The van der Waals surface area contributed by atoms with E-state index in [2.05, 4.69) is 25.9 Å². The molecule has 3 rings (SSSR count). The SMILES string of the molecule is COc1nccnc1OC1CCN(C(=O)c2ccccc2Br)C1. The van der Waals surface area contributed by atoms with E-state index in [1.807, 2.05) is 24.3 Å². The van der Waals surface area contributed by atoms with Crippen molar-refractivity contribution in [3.8, 4) is 11.8 Å². The number of hydrogen-bond acceptors (Lipinski definition) is 5. The fourth-order valence-corrected chi connectivity index (χ4v) is 2.96. The molecule has 1 aliphatic rings. The van der Waals surface area contributed by atoms with Crippen LogP contribution >= 0.6 is 15.9 Å². The van der Waals surface area contributed by atoms with E-state index in [9.17, 15) is 4.79 Å². The predicted octanol–water partition coefficient (Wildman–Crippen LogP) is 2.54. The minimum Gasteiger partial charge on any atom is -0.477 e. The largest absolute Gasteiger partial charge is 0.477 e. The van der Waals surface area contributed by atoms with Crippen LogP contribution in [-0.2, 0) is 0 Å². The lowest BCUT2D eigenvalue weighted by Gasteiger charge is -2.18. The lowest BCUT2D eigenvalue weighted by molar-refractivity contribution is 0.0769. The number of ether oxygens (including phenoxy) is 2. The van der Waals surface area contributed by atoms with Crippen LogP contribution in [0.25, 0.3) is 0 Å². The molecule has 120 valence electrons. The number of benzene rings is 1.